The summed E-state index contributed by atoms with van der Waals surface area (Å²) in [6.07, 6.45) is 8.40. The molecular formula is C46H38N2. The first kappa shape index (κ1) is 28.6. The minimum absolute atomic E-state index is 0.192. The maximum absolute atomic E-state index is 2.56. The number of hydrogen-bond acceptors (Lipinski definition) is 1. The molecule has 1 aliphatic heterocycles. The van der Waals surface area contributed by atoms with E-state index in [-0.39, 0.29) is 12.0 Å². The first-order chi connectivity index (χ1) is 23.8. The van der Waals surface area contributed by atoms with Gasteiger partial charge in [-0.25, -0.2) is 0 Å². The van der Waals surface area contributed by atoms with Gasteiger partial charge >= 0.3 is 0 Å². The maximum Gasteiger partial charge on any atom is 0.0637 e. The smallest absolute Gasteiger partial charge is 0.0637 e. The van der Waals surface area contributed by atoms with E-state index in [1.54, 1.807) is 0 Å². The van der Waals surface area contributed by atoms with Crippen molar-refractivity contribution in [2.45, 2.75) is 38.1 Å². The van der Waals surface area contributed by atoms with Crippen LogP contribution in [0.3, 0.4) is 0 Å². The molecule has 0 bridgehead atoms. The quantitative estimate of drug-likeness (QED) is 0.173. The molecule has 2 nitrogen and oxygen atoms in total. The molecule has 2 aliphatic rings. The number of benzene rings is 6. The van der Waals surface area contributed by atoms with Gasteiger partial charge in [0.25, 0.3) is 0 Å². The largest absolute Gasteiger partial charge is 0.333 e. The van der Waals surface area contributed by atoms with Gasteiger partial charge in [0.2, 0.25) is 0 Å². The molecule has 0 N–H and O–H groups in total. The molecule has 2 unspecified atom stereocenters. The summed E-state index contributed by atoms with van der Waals surface area (Å²) in [6, 6.07) is 56.1. The Kier molecular flexibility index (Phi) is 7.08. The normalized spacial score (nSPS) is 16.1. The van der Waals surface area contributed by atoms with Crippen molar-refractivity contribution in [2.24, 2.45) is 0 Å². The molecule has 2 heterocycles. The van der Waals surface area contributed by atoms with Crippen LogP contribution in [0.1, 0.15) is 48.1 Å². The predicted molar refractivity (Wildman–Crippen MR) is 202 cm³/mol. The van der Waals surface area contributed by atoms with Gasteiger partial charge in [0.05, 0.1) is 17.3 Å². The van der Waals surface area contributed by atoms with E-state index in [0.29, 0.717) is 0 Å². The van der Waals surface area contributed by atoms with Crippen molar-refractivity contribution < 1.29 is 0 Å². The standard InChI is InChI=1S/C46H38N2/c1-2-3-12-32-13-11-16-36(31-32)35-23-27-38(28-24-35)48-42-20-10-8-18-40(42)46-44(48)30-29-43-45(46)39-17-7-9-19-41(39)47(43)37-25-21-34(22-26-37)33-14-5-4-6-15-33/h4-11,13-31,44,46H,2-3,12H2,1H3. The van der Waals surface area contributed by atoms with Gasteiger partial charge in [-0.15, -0.1) is 0 Å². The molecule has 0 spiro atoms. The highest BCUT2D eigenvalue weighted by Crippen LogP contribution is 2.53. The van der Waals surface area contributed by atoms with Crippen LogP contribution in [-0.4, -0.2) is 10.6 Å². The van der Waals surface area contributed by atoms with E-state index in [4.69, 9.17) is 0 Å². The molecule has 0 amide bonds. The molecule has 232 valence electrons. The number of unbranched alkanes of at least 4 members (excludes halogenated alkanes) is 1. The molecule has 48 heavy (non-hydrogen) atoms. The summed E-state index contributed by atoms with van der Waals surface area (Å²) in [6.45, 7) is 2.26. The van der Waals surface area contributed by atoms with E-state index in [1.807, 2.05) is 0 Å². The Hall–Kier alpha value is -5.60. The molecule has 7 aromatic rings. The SMILES string of the molecule is CCCCc1cccc(-c2ccc(N3c4ccccc4C4c5c(n(-c6ccc(-c7ccccc7)cc6)c6ccccc56)C=CC43)cc2)c1. The molecule has 1 aliphatic carbocycles. The first-order valence-electron chi connectivity index (χ1n) is 17.3. The van der Waals surface area contributed by atoms with Crippen molar-refractivity contribution in [3.63, 3.8) is 0 Å². The van der Waals surface area contributed by atoms with E-state index < -0.39 is 0 Å². The summed E-state index contributed by atoms with van der Waals surface area (Å²) in [5.74, 6) is 0.228. The Morgan fingerprint density at radius 2 is 1.25 bits per heavy atom. The van der Waals surface area contributed by atoms with E-state index in [0.717, 1.165) is 6.42 Å². The molecule has 0 fully saturated rings. The van der Waals surface area contributed by atoms with E-state index >= 15 is 0 Å². The van der Waals surface area contributed by atoms with Gasteiger partial charge in [0.1, 0.15) is 0 Å². The average molecular weight is 619 g/mol. The summed E-state index contributed by atoms with van der Waals surface area (Å²) in [7, 11) is 0. The molecule has 6 aromatic carbocycles. The Labute approximate surface area is 283 Å². The van der Waals surface area contributed by atoms with Gasteiger partial charge in [0, 0.05) is 28.4 Å². The van der Waals surface area contributed by atoms with Crippen LogP contribution in [0.4, 0.5) is 11.4 Å². The Balaban J connectivity index is 1.12. The van der Waals surface area contributed by atoms with E-state index in [2.05, 4.69) is 180 Å². The van der Waals surface area contributed by atoms with Gasteiger partial charge in [-0.3, -0.25) is 0 Å². The molecule has 0 saturated heterocycles. The lowest BCUT2D eigenvalue weighted by Crippen LogP contribution is -2.30. The molecule has 0 saturated carbocycles. The van der Waals surface area contributed by atoms with E-state index in [1.165, 1.54) is 85.4 Å². The van der Waals surface area contributed by atoms with E-state index in [9.17, 15) is 0 Å². The van der Waals surface area contributed by atoms with Crippen molar-refractivity contribution >= 4 is 28.4 Å². The fraction of sp³-hybridized carbons (Fsp3) is 0.130. The molecule has 0 radical (unpaired) electrons. The highest BCUT2D eigenvalue weighted by atomic mass is 15.2. The third kappa shape index (κ3) is 4.71. The Bertz CT molecular complexity index is 2270. The van der Waals surface area contributed by atoms with Gasteiger partial charge in [-0.1, -0.05) is 135 Å². The topological polar surface area (TPSA) is 8.17 Å². The van der Waals surface area contributed by atoms with Gasteiger partial charge < -0.3 is 9.47 Å². The highest BCUT2D eigenvalue weighted by Gasteiger charge is 2.43. The molecule has 2 atom stereocenters. The Morgan fingerprint density at radius 3 is 2.06 bits per heavy atom. The summed E-state index contributed by atoms with van der Waals surface area (Å²) >= 11 is 0. The second-order valence-corrected chi connectivity index (χ2v) is 13.2. The maximum atomic E-state index is 2.56. The van der Waals surface area contributed by atoms with Gasteiger partial charge in [0.15, 0.2) is 0 Å². The lowest BCUT2D eigenvalue weighted by molar-refractivity contribution is 0.725. The van der Waals surface area contributed by atoms with Crippen LogP contribution in [0.25, 0.3) is 44.9 Å². The van der Waals surface area contributed by atoms with Crippen LogP contribution < -0.4 is 4.90 Å². The number of fused-ring (bicyclic) bond motifs is 7. The fourth-order valence-electron chi connectivity index (χ4n) is 8.08. The number of aromatic nitrogens is 1. The van der Waals surface area contributed by atoms with Gasteiger partial charge in [-0.2, -0.15) is 0 Å². The van der Waals surface area contributed by atoms with Crippen molar-refractivity contribution in [3.05, 3.63) is 180 Å². The number of rotatable bonds is 7. The Morgan fingerprint density at radius 1 is 0.583 bits per heavy atom. The van der Waals surface area contributed by atoms with Crippen molar-refractivity contribution in [1.29, 1.82) is 0 Å². The van der Waals surface area contributed by atoms with Crippen molar-refractivity contribution in [2.75, 3.05) is 4.90 Å². The van der Waals surface area contributed by atoms with Crippen LogP contribution in [0.5, 0.6) is 0 Å². The summed E-state index contributed by atoms with van der Waals surface area (Å²) in [4.78, 5) is 2.56. The summed E-state index contributed by atoms with van der Waals surface area (Å²) < 4.78 is 2.46. The molecule has 1 aromatic heterocycles. The summed E-state index contributed by atoms with van der Waals surface area (Å²) in [5, 5.41) is 1.33. The number of anilines is 2. The van der Waals surface area contributed by atoms with Crippen LogP contribution in [0.15, 0.2) is 158 Å². The third-order valence-corrected chi connectivity index (χ3v) is 10.3. The number of nitrogens with zero attached hydrogens (tertiary/aromatic N) is 2. The second-order valence-electron chi connectivity index (χ2n) is 13.2. The molecular weight excluding hydrogens is 581 g/mol. The lowest BCUT2D eigenvalue weighted by Gasteiger charge is -2.31. The molecule has 2 heteroatoms. The first-order valence-corrected chi connectivity index (χ1v) is 17.3. The number of aryl methyl sites for hydroxylation is 1. The van der Waals surface area contributed by atoms with Gasteiger partial charge in [-0.05, 0) is 94.3 Å². The van der Waals surface area contributed by atoms with Crippen LogP contribution in [0, 0.1) is 0 Å². The highest BCUT2D eigenvalue weighted by molar-refractivity contribution is 5.94. The monoisotopic (exact) mass is 618 g/mol. The minimum Gasteiger partial charge on any atom is -0.333 e. The summed E-state index contributed by atoms with van der Waals surface area (Å²) in [5.41, 5.74) is 15.5. The van der Waals surface area contributed by atoms with Crippen LogP contribution in [0.2, 0.25) is 0 Å². The van der Waals surface area contributed by atoms with Crippen LogP contribution in [-0.2, 0) is 6.42 Å². The zero-order valence-corrected chi connectivity index (χ0v) is 27.3. The second kappa shape index (κ2) is 11.9. The predicted octanol–water partition coefficient (Wildman–Crippen LogP) is 12.0. The third-order valence-electron chi connectivity index (χ3n) is 10.3. The minimum atomic E-state index is 0.192. The van der Waals surface area contributed by atoms with Crippen molar-refractivity contribution in [3.8, 4) is 27.9 Å². The zero-order valence-electron chi connectivity index (χ0n) is 27.3. The fourth-order valence-corrected chi connectivity index (χ4v) is 8.08. The average Bonchev–Trinajstić information content (AvgIpc) is 3.67. The molecule has 9 rings (SSSR count). The van der Waals surface area contributed by atoms with Crippen LogP contribution >= 0.6 is 0 Å². The van der Waals surface area contributed by atoms with Crippen molar-refractivity contribution in [1.82, 2.24) is 4.57 Å². The lowest BCUT2D eigenvalue weighted by atomic mass is 9.82. The zero-order chi connectivity index (χ0) is 32.0. The number of hydrogen-bond donors (Lipinski definition) is 0. The number of para-hydroxylation sites is 2.